The third-order valence-electron chi connectivity index (χ3n) is 11.7. The van der Waals surface area contributed by atoms with Gasteiger partial charge in [-0.15, -0.1) is 0 Å². The van der Waals surface area contributed by atoms with Crippen LogP contribution in [-0.4, -0.2) is 24.6 Å². The molecule has 0 heterocycles. The number of carbonyl (C=O) groups is 3. The molecule has 0 aromatic carbocycles. The molecule has 5 rings (SSSR count). The lowest BCUT2D eigenvalue weighted by Gasteiger charge is -2.64. The highest BCUT2D eigenvalue weighted by Gasteiger charge is 2.67. The molecule has 0 N–H and O–H groups in total. The number of carbonyl (C=O) groups excluding carboxylic acids is 3. The Morgan fingerprint density at radius 1 is 1.00 bits per heavy atom. The fourth-order valence-corrected chi connectivity index (χ4v) is 9.83. The minimum atomic E-state index is -0.656. The summed E-state index contributed by atoms with van der Waals surface area (Å²) >= 11 is 0. The number of rotatable bonds is 1. The van der Waals surface area contributed by atoms with Crippen LogP contribution < -0.4 is 0 Å². The number of nitrogens with zero attached hydrogens (tertiary/aromatic N) is 1. The van der Waals surface area contributed by atoms with Crippen LogP contribution in [0.1, 0.15) is 86.5 Å². The molecule has 0 saturated heterocycles. The fourth-order valence-electron chi connectivity index (χ4n) is 9.83. The zero-order valence-electron chi connectivity index (χ0n) is 23.0. The van der Waals surface area contributed by atoms with E-state index in [0.29, 0.717) is 0 Å². The first-order valence-corrected chi connectivity index (χ1v) is 13.7. The maximum Gasteiger partial charge on any atom is 0.312 e. The van der Waals surface area contributed by atoms with Crippen LogP contribution in [-0.2, 0) is 19.1 Å². The lowest BCUT2D eigenvalue weighted by atomic mass is 9.38. The normalized spacial score (nSPS) is 44.5. The van der Waals surface area contributed by atoms with Gasteiger partial charge >= 0.3 is 5.97 Å². The van der Waals surface area contributed by atoms with Gasteiger partial charge in [0.25, 0.3) is 0 Å². The Hall–Kier alpha value is -2.22. The van der Waals surface area contributed by atoms with Crippen LogP contribution in [0.5, 0.6) is 0 Å². The molecular formula is C31H41NO4. The Morgan fingerprint density at radius 2 is 1.69 bits per heavy atom. The van der Waals surface area contributed by atoms with E-state index < -0.39 is 16.2 Å². The summed E-state index contributed by atoms with van der Waals surface area (Å²) in [6, 6.07) is 2.16. The fraction of sp³-hybridized carbons (Fsp3) is 0.742. The maximum absolute atomic E-state index is 14.2. The van der Waals surface area contributed by atoms with Gasteiger partial charge in [-0.25, -0.2) is 0 Å². The van der Waals surface area contributed by atoms with E-state index in [1.807, 2.05) is 26.0 Å². The van der Waals surface area contributed by atoms with Crippen LogP contribution in [0.2, 0.25) is 0 Å². The van der Waals surface area contributed by atoms with Crippen LogP contribution >= 0.6 is 0 Å². The molecule has 0 spiro atoms. The molecule has 0 aromatic rings. The molecular weight excluding hydrogens is 450 g/mol. The monoisotopic (exact) mass is 491 g/mol. The van der Waals surface area contributed by atoms with Gasteiger partial charge in [0, 0.05) is 16.7 Å². The van der Waals surface area contributed by atoms with Crippen molar-refractivity contribution in [1.29, 1.82) is 5.26 Å². The highest BCUT2D eigenvalue weighted by molar-refractivity contribution is 6.04. The number of nitriles is 1. The lowest BCUT2D eigenvalue weighted by molar-refractivity contribution is -0.178. The molecule has 0 aromatic heterocycles. The second kappa shape index (κ2) is 7.65. The molecule has 194 valence electrons. The van der Waals surface area contributed by atoms with Crippen molar-refractivity contribution in [2.45, 2.75) is 86.5 Å². The number of esters is 1. The summed E-state index contributed by atoms with van der Waals surface area (Å²) < 4.78 is 5.37. The van der Waals surface area contributed by atoms with E-state index in [2.05, 4.69) is 33.8 Å². The van der Waals surface area contributed by atoms with Gasteiger partial charge in [-0.2, -0.15) is 5.26 Å². The zero-order chi connectivity index (χ0) is 26.5. The van der Waals surface area contributed by atoms with Crippen LogP contribution in [0.4, 0.5) is 0 Å². The van der Waals surface area contributed by atoms with Gasteiger partial charge in [-0.3, -0.25) is 14.4 Å². The Kier molecular flexibility index (Phi) is 5.40. The molecule has 36 heavy (non-hydrogen) atoms. The van der Waals surface area contributed by atoms with Crippen LogP contribution in [0.3, 0.4) is 0 Å². The van der Waals surface area contributed by atoms with E-state index in [9.17, 15) is 19.6 Å². The Balaban J connectivity index is 1.66. The van der Waals surface area contributed by atoms with Crippen molar-refractivity contribution in [1.82, 2.24) is 0 Å². The van der Waals surface area contributed by atoms with Crippen molar-refractivity contribution in [3.8, 4) is 6.07 Å². The predicted molar refractivity (Wildman–Crippen MR) is 136 cm³/mol. The summed E-state index contributed by atoms with van der Waals surface area (Å²) in [4.78, 5) is 40.6. The van der Waals surface area contributed by atoms with Crippen molar-refractivity contribution >= 4 is 17.5 Å². The maximum atomic E-state index is 14.2. The van der Waals surface area contributed by atoms with E-state index in [0.717, 1.165) is 50.5 Å². The molecule has 5 aliphatic rings. The summed E-state index contributed by atoms with van der Waals surface area (Å²) in [7, 11) is 1.48. The van der Waals surface area contributed by atoms with Gasteiger partial charge in [0.05, 0.1) is 18.1 Å². The second-order valence-electron chi connectivity index (χ2n) is 14.3. The summed E-state index contributed by atoms with van der Waals surface area (Å²) in [5, 5.41) is 9.81. The first-order chi connectivity index (χ1) is 16.7. The van der Waals surface area contributed by atoms with E-state index in [1.165, 1.54) is 7.11 Å². The van der Waals surface area contributed by atoms with Gasteiger partial charge in [0.1, 0.15) is 6.07 Å². The standard InChI is InChI=1S/C31H41NO4/c1-27(2)12-13-31(26(35)36-7)11-8-19-24(20(31)16-27)21(33)14-23-29(19,5)10-9-22-28(3,4)25(34)18(17-32)15-30(22,23)6/h14-15,19-20,22,24H,8-13,16H2,1-7H3/t19?,20?,22?,24?,29-,30-,31+/m0/s1. The Bertz CT molecular complexity index is 1150. The number of ether oxygens (including phenoxy) is 1. The quantitative estimate of drug-likeness (QED) is 0.421. The number of ketones is 2. The first kappa shape index (κ1) is 25.4. The van der Waals surface area contributed by atoms with E-state index in [-0.39, 0.29) is 57.6 Å². The van der Waals surface area contributed by atoms with Crippen molar-refractivity contribution < 1.29 is 19.1 Å². The number of methoxy groups -OCH3 is 1. The molecule has 7 atom stereocenters. The number of hydrogen-bond donors (Lipinski definition) is 0. The van der Waals surface area contributed by atoms with Crippen molar-refractivity contribution in [3.05, 3.63) is 23.3 Å². The number of allylic oxidation sites excluding steroid dienone is 4. The lowest BCUT2D eigenvalue weighted by Crippen LogP contribution is -2.62. The smallest absolute Gasteiger partial charge is 0.312 e. The molecule has 5 nitrogen and oxygen atoms in total. The van der Waals surface area contributed by atoms with E-state index in [1.54, 1.807) is 0 Å². The van der Waals surface area contributed by atoms with Crippen molar-refractivity contribution in [2.24, 2.45) is 50.7 Å². The zero-order valence-corrected chi connectivity index (χ0v) is 23.0. The van der Waals surface area contributed by atoms with Gasteiger partial charge < -0.3 is 4.74 Å². The van der Waals surface area contributed by atoms with Crippen LogP contribution in [0.25, 0.3) is 0 Å². The highest BCUT2D eigenvalue weighted by atomic mass is 16.5. The summed E-state index contributed by atoms with van der Waals surface area (Å²) in [5.74, 6) is -0.102. The molecule has 0 amide bonds. The summed E-state index contributed by atoms with van der Waals surface area (Å²) in [6.45, 7) is 12.9. The Morgan fingerprint density at radius 3 is 2.33 bits per heavy atom. The minimum absolute atomic E-state index is 0.0188. The van der Waals surface area contributed by atoms with Crippen LogP contribution in [0.15, 0.2) is 23.3 Å². The minimum Gasteiger partial charge on any atom is -0.469 e. The summed E-state index contributed by atoms with van der Waals surface area (Å²) in [5.41, 5.74) is -0.544. The topological polar surface area (TPSA) is 84.2 Å². The second-order valence-corrected chi connectivity index (χ2v) is 14.3. The van der Waals surface area contributed by atoms with Crippen molar-refractivity contribution in [2.75, 3.05) is 7.11 Å². The van der Waals surface area contributed by atoms with Gasteiger partial charge in [-0.1, -0.05) is 53.2 Å². The summed E-state index contributed by atoms with van der Waals surface area (Å²) in [6.07, 6.45) is 9.77. The molecule has 0 aliphatic heterocycles. The van der Waals surface area contributed by atoms with Crippen molar-refractivity contribution in [3.63, 3.8) is 0 Å². The third-order valence-corrected chi connectivity index (χ3v) is 11.7. The Labute approximate surface area is 215 Å². The predicted octanol–water partition coefficient (Wildman–Crippen LogP) is 5.99. The van der Waals surface area contributed by atoms with Crippen LogP contribution in [0, 0.1) is 62.1 Å². The van der Waals surface area contributed by atoms with E-state index in [4.69, 9.17) is 4.74 Å². The average molecular weight is 492 g/mol. The molecule has 3 saturated carbocycles. The largest absolute Gasteiger partial charge is 0.469 e. The number of hydrogen-bond acceptors (Lipinski definition) is 5. The van der Waals surface area contributed by atoms with E-state index >= 15 is 0 Å². The third kappa shape index (κ3) is 3.09. The molecule has 0 bridgehead atoms. The number of fused-ring (bicyclic) bond motifs is 7. The highest BCUT2D eigenvalue weighted by Crippen LogP contribution is 2.70. The first-order valence-electron chi connectivity index (χ1n) is 13.7. The SMILES string of the molecule is COC(=O)[C@@]12CCC3C(C(=O)C=C4[C@@]5(C)C=C(C#N)C(=O)C(C)(C)C5CC[C@]43C)C1CC(C)(C)CC2. The molecule has 5 heteroatoms. The van der Waals surface area contributed by atoms with Gasteiger partial charge in [0.2, 0.25) is 0 Å². The number of Topliss-reactive ketones (excluding diaryl/α,β-unsaturated/α-hetero) is 1. The molecule has 3 fully saturated rings. The molecule has 4 unspecified atom stereocenters. The van der Waals surface area contributed by atoms with Gasteiger partial charge in [0.15, 0.2) is 11.6 Å². The molecule has 0 radical (unpaired) electrons. The molecule has 5 aliphatic carbocycles. The average Bonchev–Trinajstić information content (AvgIpc) is 2.81. The van der Waals surface area contributed by atoms with Gasteiger partial charge in [-0.05, 0) is 79.6 Å².